The van der Waals surface area contributed by atoms with Gasteiger partial charge in [-0.05, 0) is 34.7 Å². The molecule has 0 nitrogen and oxygen atoms in total. The minimum absolute atomic E-state index is 0.582. The van der Waals surface area contributed by atoms with Gasteiger partial charge < -0.3 is 0 Å². The van der Waals surface area contributed by atoms with Crippen molar-refractivity contribution in [3.05, 3.63) is 144 Å². The molecule has 0 aromatic heterocycles. The second kappa shape index (κ2) is 17.4. The zero-order chi connectivity index (χ0) is 33.2. The molecule has 0 amide bonds. The first-order valence-corrected chi connectivity index (χ1v) is 24.0. The van der Waals surface area contributed by atoms with E-state index in [0.29, 0.717) is 5.92 Å². The molecule has 7 aromatic rings. The molecule has 0 bridgehead atoms. The third kappa shape index (κ3) is 8.78. The molecular formula is C42H42Cl2SiZr. The summed E-state index contributed by atoms with van der Waals surface area (Å²) in [5.74, 6) is 0.582. The Morgan fingerprint density at radius 2 is 1.24 bits per heavy atom. The van der Waals surface area contributed by atoms with Crippen molar-refractivity contribution in [3.63, 3.8) is 0 Å². The summed E-state index contributed by atoms with van der Waals surface area (Å²) in [5.41, 5.74) is 10.7. The fourth-order valence-corrected chi connectivity index (χ4v) is 5.86. The van der Waals surface area contributed by atoms with Gasteiger partial charge in [-0.15, -0.1) is 68.6 Å². The fraction of sp³-hybridized carbons (Fsp3) is 0.190. The van der Waals surface area contributed by atoms with Gasteiger partial charge in [0.1, 0.15) is 0 Å². The van der Waals surface area contributed by atoms with Crippen molar-refractivity contribution in [2.75, 3.05) is 0 Å². The number of fused-ring (bicyclic) bond motifs is 3. The molecule has 0 N–H and O–H groups in total. The maximum absolute atomic E-state index is 4.93. The molecule has 7 rings (SSSR count). The predicted octanol–water partition coefficient (Wildman–Crippen LogP) is 13.8. The maximum atomic E-state index is 4.93. The number of hydrogen-bond donors (Lipinski definition) is 0. The quantitative estimate of drug-likeness (QED) is 0.125. The number of benzene rings is 5. The van der Waals surface area contributed by atoms with E-state index in [0.717, 1.165) is 9.52 Å². The van der Waals surface area contributed by atoms with Gasteiger partial charge in [0.05, 0.1) is 0 Å². The van der Waals surface area contributed by atoms with Crippen molar-refractivity contribution >= 4 is 58.9 Å². The van der Waals surface area contributed by atoms with E-state index in [4.69, 9.17) is 17.0 Å². The molecule has 0 aliphatic carbocycles. The molecule has 0 fully saturated rings. The molecule has 0 atom stereocenters. The van der Waals surface area contributed by atoms with Crippen LogP contribution in [0.5, 0.6) is 0 Å². The molecule has 0 aliphatic heterocycles. The molecule has 4 heteroatoms. The van der Waals surface area contributed by atoms with Crippen molar-refractivity contribution in [3.8, 4) is 22.3 Å². The third-order valence-electron chi connectivity index (χ3n) is 8.13. The number of hydrogen-bond acceptors (Lipinski definition) is 0. The molecule has 0 heterocycles. The standard InChI is InChI=1S/C21H17.C19H19.C2H6Si.2ClH.Zr/c1-14-12-20-15(2)10-11-19(21(20)13-14)18-9-5-7-16-6-3-4-8-17(16)18;1-13(2)17-11-16-5-4-6-18(19(16)12-17)15-9-7-14(3)8-10-15;1-3-2;;;/h3-13H,1-2H3;4-13H,1-3H3;1-2H3;2*1H;/q2*-1;;;;+4/p-2. The minimum atomic E-state index is -0.826. The van der Waals surface area contributed by atoms with Crippen molar-refractivity contribution in [1.82, 2.24) is 0 Å². The van der Waals surface area contributed by atoms with E-state index in [1.165, 1.54) is 76.8 Å². The van der Waals surface area contributed by atoms with Crippen LogP contribution in [-0.2, 0) is 20.8 Å². The Bertz CT molecular complexity index is 1990. The SMILES string of the molecule is C[Si]C.Cc1cc2c(-c3cccc4ccccc34)ccc(C)c2[cH-]1.Cc1ccc(-c2cccc3[cH-]c(C(C)C)cc23)cc1.[Cl][Zr+2][Cl]. The van der Waals surface area contributed by atoms with Gasteiger partial charge in [-0.1, -0.05) is 136 Å². The van der Waals surface area contributed by atoms with Crippen LogP contribution in [0.15, 0.2) is 121 Å². The summed E-state index contributed by atoms with van der Waals surface area (Å²) in [4.78, 5) is 0. The molecule has 0 saturated carbocycles. The van der Waals surface area contributed by atoms with Crippen LogP contribution < -0.4 is 0 Å². The second-order valence-corrected chi connectivity index (χ2v) is 16.7. The van der Waals surface area contributed by atoms with Crippen molar-refractivity contribution in [2.24, 2.45) is 0 Å². The summed E-state index contributed by atoms with van der Waals surface area (Å²) >= 11 is -0.826. The van der Waals surface area contributed by atoms with E-state index in [-0.39, 0.29) is 0 Å². The van der Waals surface area contributed by atoms with Gasteiger partial charge in [0.15, 0.2) is 0 Å². The monoisotopic (exact) mass is 734 g/mol. The van der Waals surface area contributed by atoms with Gasteiger partial charge in [-0.2, -0.15) is 12.1 Å². The molecule has 46 heavy (non-hydrogen) atoms. The first-order valence-electron chi connectivity index (χ1n) is 15.7. The average molecular weight is 737 g/mol. The Kier molecular flexibility index (Phi) is 13.7. The molecular weight excluding hydrogens is 695 g/mol. The van der Waals surface area contributed by atoms with Crippen LogP contribution in [0.1, 0.15) is 42.0 Å². The molecule has 0 saturated heterocycles. The van der Waals surface area contributed by atoms with Gasteiger partial charge in [0.25, 0.3) is 0 Å². The molecule has 7 aromatic carbocycles. The average Bonchev–Trinajstić information content (AvgIpc) is 3.67. The Balaban J connectivity index is 0.000000179. The summed E-state index contributed by atoms with van der Waals surface area (Å²) in [6.45, 7) is 15.3. The van der Waals surface area contributed by atoms with Crippen LogP contribution in [0.25, 0.3) is 54.6 Å². The van der Waals surface area contributed by atoms with Gasteiger partial charge in [-0.3, -0.25) is 0 Å². The summed E-state index contributed by atoms with van der Waals surface area (Å²) in [7, 11) is 11.0. The second-order valence-electron chi connectivity index (χ2n) is 12.0. The van der Waals surface area contributed by atoms with Crippen molar-refractivity contribution in [2.45, 2.75) is 53.6 Å². The normalized spacial score (nSPS) is 10.5. The topological polar surface area (TPSA) is 0 Å². The van der Waals surface area contributed by atoms with Gasteiger partial charge >= 0.3 is 37.9 Å². The van der Waals surface area contributed by atoms with Crippen LogP contribution in [0.4, 0.5) is 0 Å². The Hall–Kier alpha value is -2.74. The summed E-state index contributed by atoms with van der Waals surface area (Å²) < 4.78 is 0. The zero-order valence-electron chi connectivity index (χ0n) is 27.9. The number of aryl methyl sites for hydroxylation is 3. The predicted molar refractivity (Wildman–Crippen MR) is 205 cm³/mol. The van der Waals surface area contributed by atoms with E-state index in [9.17, 15) is 0 Å². The first-order chi connectivity index (χ1) is 22.2. The Morgan fingerprint density at radius 3 is 1.93 bits per heavy atom. The van der Waals surface area contributed by atoms with Crippen molar-refractivity contribution < 1.29 is 20.8 Å². The van der Waals surface area contributed by atoms with E-state index in [2.05, 4.69) is 169 Å². The third-order valence-corrected chi connectivity index (χ3v) is 8.13. The van der Waals surface area contributed by atoms with E-state index >= 15 is 0 Å². The van der Waals surface area contributed by atoms with Gasteiger partial charge in [-0.25, -0.2) is 0 Å². The summed E-state index contributed by atoms with van der Waals surface area (Å²) in [5, 5.41) is 8.08. The molecule has 0 aliphatic rings. The molecule has 2 radical (unpaired) electrons. The van der Waals surface area contributed by atoms with E-state index < -0.39 is 20.8 Å². The Labute approximate surface area is 297 Å². The van der Waals surface area contributed by atoms with Crippen LogP contribution in [-0.4, -0.2) is 9.52 Å². The van der Waals surface area contributed by atoms with Crippen LogP contribution in [0.3, 0.4) is 0 Å². The number of rotatable bonds is 3. The van der Waals surface area contributed by atoms with E-state index in [1.54, 1.807) is 0 Å². The van der Waals surface area contributed by atoms with Crippen LogP contribution >= 0.6 is 17.0 Å². The summed E-state index contributed by atoms with van der Waals surface area (Å²) in [6, 6.07) is 44.3. The fourth-order valence-electron chi connectivity index (χ4n) is 5.86. The van der Waals surface area contributed by atoms with Crippen molar-refractivity contribution in [1.29, 1.82) is 0 Å². The Morgan fingerprint density at radius 1 is 0.630 bits per heavy atom. The molecule has 0 spiro atoms. The molecule has 0 unspecified atom stereocenters. The summed E-state index contributed by atoms with van der Waals surface area (Å²) in [6.07, 6.45) is 0. The van der Waals surface area contributed by atoms with E-state index in [1.807, 2.05) is 0 Å². The number of halogens is 2. The van der Waals surface area contributed by atoms with Crippen LogP contribution in [0, 0.1) is 20.8 Å². The van der Waals surface area contributed by atoms with Crippen LogP contribution in [0.2, 0.25) is 13.1 Å². The molecule has 232 valence electrons. The zero-order valence-corrected chi connectivity index (χ0v) is 32.9. The van der Waals surface area contributed by atoms with Gasteiger partial charge in [0, 0.05) is 9.52 Å². The van der Waals surface area contributed by atoms with Gasteiger partial charge in [0.2, 0.25) is 0 Å². The first kappa shape index (κ1) is 36.1.